The third kappa shape index (κ3) is 3.40. The number of anilines is 1. The van der Waals surface area contributed by atoms with E-state index in [2.05, 4.69) is 20.7 Å². The molecule has 1 atom stereocenters. The first kappa shape index (κ1) is 16.7. The van der Waals surface area contributed by atoms with Crippen molar-refractivity contribution in [3.8, 4) is 0 Å². The van der Waals surface area contributed by atoms with Crippen molar-refractivity contribution in [2.45, 2.75) is 17.9 Å². The molecule has 0 saturated carbocycles. The highest BCUT2D eigenvalue weighted by Gasteiger charge is 2.26. The molecule has 21 heavy (non-hydrogen) atoms. The summed E-state index contributed by atoms with van der Waals surface area (Å²) in [6.07, 6.45) is 0. The van der Waals surface area contributed by atoms with Crippen LogP contribution in [0.25, 0.3) is 0 Å². The summed E-state index contributed by atoms with van der Waals surface area (Å²) in [5, 5.41) is 3.67. The van der Waals surface area contributed by atoms with Crippen molar-refractivity contribution < 1.29 is 12.8 Å². The standard InChI is InChI=1S/C12H11BrClFN2O2S2/c1-6(7-2-3-20-5-7)17-21(18,19)9-4-8(14)10(13)12(16)11(9)15/h2-6,17H,16H2,1H3. The largest absolute Gasteiger partial charge is 0.395 e. The average Bonchev–Trinajstić information content (AvgIpc) is 2.94. The third-order valence-electron chi connectivity index (χ3n) is 2.82. The molecule has 1 aromatic carbocycles. The summed E-state index contributed by atoms with van der Waals surface area (Å²) in [5.74, 6) is -1.03. The fourth-order valence-electron chi connectivity index (χ4n) is 1.68. The van der Waals surface area contributed by atoms with Crippen LogP contribution in [0.5, 0.6) is 0 Å². The molecule has 0 amide bonds. The second kappa shape index (κ2) is 6.21. The van der Waals surface area contributed by atoms with E-state index in [0.717, 1.165) is 11.6 Å². The number of hydrogen-bond acceptors (Lipinski definition) is 4. The van der Waals surface area contributed by atoms with Gasteiger partial charge in [0, 0.05) is 6.04 Å². The van der Waals surface area contributed by atoms with Crippen molar-refractivity contribution in [2.24, 2.45) is 0 Å². The monoisotopic (exact) mass is 412 g/mol. The van der Waals surface area contributed by atoms with Gasteiger partial charge in [0.15, 0.2) is 5.82 Å². The quantitative estimate of drug-likeness (QED) is 0.589. The lowest BCUT2D eigenvalue weighted by Gasteiger charge is -2.15. The van der Waals surface area contributed by atoms with Gasteiger partial charge in [0.1, 0.15) is 4.90 Å². The van der Waals surface area contributed by atoms with Gasteiger partial charge in [-0.2, -0.15) is 11.3 Å². The first-order chi connectivity index (χ1) is 9.74. The second-order valence-electron chi connectivity index (χ2n) is 4.30. The highest BCUT2D eigenvalue weighted by Crippen LogP contribution is 2.35. The summed E-state index contributed by atoms with van der Waals surface area (Å²) in [5.41, 5.74) is 5.96. The van der Waals surface area contributed by atoms with Crippen molar-refractivity contribution in [3.05, 3.63) is 43.8 Å². The molecule has 9 heteroatoms. The van der Waals surface area contributed by atoms with E-state index in [4.69, 9.17) is 17.3 Å². The summed E-state index contributed by atoms with van der Waals surface area (Å²) >= 11 is 10.3. The molecule has 3 N–H and O–H groups in total. The van der Waals surface area contributed by atoms with Gasteiger partial charge < -0.3 is 5.73 Å². The lowest BCUT2D eigenvalue weighted by Crippen LogP contribution is -2.27. The molecule has 0 bridgehead atoms. The van der Waals surface area contributed by atoms with E-state index in [1.54, 1.807) is 13.0 Å². The summed E-state index contributed by atoms with van der Waals surface area (Å²) in [7, 11) is -4.08. The first-order valence-corrected chi connectivity index (χ1v) is 9.31. The molecule has 114 valence electrons. The topological polar surface area (TPSA) is 72.2 Å². The fraction of sp³-hybridized carbons (Fsp3) is 0.167. The van der Waals surface area contributed by atoms with Gasteiger partial charge in [0.2, 0.25) is 10.0 Å². The van der Waals surface area contributed by atoms with E-state index in [-0.39, 0.29) is 15.2 Å². The van der Waals surface area contributed by atoms with Crippen LogP contribution in [0.3, 0.4) is 0 Å². The van der Waals surface area contributed by atoms with Crippen LogP contribution in [-0.2, 0) is 10.0 Å². The van der Waals surface area contributed by atoms with Crippen LogP contribution in [0.1, 0.15) is 18.5 Å². The second-order valence-corrected chi connectivity index (χ2v) is 7.96. The molecule has 1 aromatic heterocycles. The number of hydrogen-bond donors (Lipinski definition) is 2. The number of rotatable bonds is 4. The lowest BCUT2D eigenvalue weighted by molar-refractivity contribution is 0.548. The SMILES string of the molecule is CC(NS(=O)(=O)c1cc(Cl)c(Br)c(N)c1F)c1ccsc1. The highest BCUT2D eigenvalue weighted by atomic mass is 79.9. The Labute approximate surface area is 139 Å². The molecule has 0 spiro atoms. The number of benzene rings is 1. The Morgan fingerprint density at radius 2 is 2.19 bits per heavy atom. The maximum absolute atomic E-state index is 14.1. The molecule has 0 aliphatic rings. The van der Waals surface area contributed by atoms with E-state index in [0.29, 0.717) is 0 Å². The van der Waals surface area contributed by atoms with Gasteiger partial charge in [-0.1, -0.05) is 11.6 Å². The number of halogens is 3. The summed E-state index contributed by atoms with van der Waals surface area (Å²) in [6.45, 7) is 1.67. The van der Waals surface area contributed by atoms with Crippen LogP contribution < -0.4 is 10.5 Å². The Balaban J connectivity index is 2.41. The van der Waals surface area contributed by atoms with Crippen LogP contribution in [0.15, 0.2) is 32.3 Å². The van der Waals surface area contributed by atoms with E-state index in [9.17, 15) is 12.8 Å². The van der Waals surface area contributed by atoms with Crippen molar-refractivity contribution >= 4 is 54.6 Å². The zero-order valence-electron chi connectivity index (χ0n) is 10.7. The predicted octanol–water partition coefficient (Wildman–Crippen LogP) is 3.92. The molecule has 1 heterocycles. The number of nitrogens with one attached hydrogen (secondary N) is 1. The Hall–Kier alpha value is -0.670. The third-order valence-corrected chi connectivity index (χ3v) is 6.44. The van der Waals surface area contributed by atoms with Gasteiger partial charge in [-0.25, -0.2) is 17.5 Å². The fourth-order valence-corrected chi connectivity index (χ4v) is 4.35. The van der Waals surface area contributed by atoms with Gasteiger partial charge >= 0.3 is 0 Å². The first-order valence-electron chi connectivity index (χ1n) is 5.71. The summed E-state index contributed by atoms with van der Waals surface area (Å²) in [6, 6.07) is 2.32. The Morgan fingerprint density at radius 3 is 2.76 bits per heavy atom. The molecule has 0 fully saturated rings. The molecular formula is C12H11BrClFN2O2S2. The molecule has 0 aliphatic carbocycles. The highest BCUT2D eigenvalue weighted by molar-refractivity contribution is 9.10. The average molecular weight is 414 g/mol. The van der Waals surface area contributed by atoms with Crippen LogP contribution in [0.2, 0.25) is 5.02 Å². The molecule has 1 unspecified atom stereocenters. The molecule has 0 saturated heterocycles. The van der Waals surface area contributed by atoms with E-state index in [1.807, 2.05) is 10.8 Å². The smallest absolute Gasteiger partial charge is 0.244 e. The minimum atomic E-state index is -4.08. The Bertz CT molecular complexity index is 766. The molecule has 2 aromatic rings. The molecule has 0 aliphatic heterocycles. The van der Waals surface area contributed by atoms with Crippen LogP contribution in [-0.4, -0.2) is 8.42 Å². The van der Waals surface area contributed by atoms with Gasteiger partial charge in [-0.05, 0) is 51.3 Å². The maximum Gasteiger partial charge on any atom is 0.244 e. The number of thiophene rings is 1. The van der Waals surface area contributed by atoms with Crippen molar-refractivity contribution in [1.82, 2.24) is 4.72 Å². The summed E-state index contributed by atoms with van der Waals surface area (Å²) < 4.78 is 41.2. The Kier molecular flexibility index (Phi) is 4.94. The van der Waals surface area contributed by atoms with Crippen LogP contribution in [0.4, 0.5) is 10.1 Å². The zero-order valence-corrected chi connectivity index (χ0v) is 14.7. The van der Waals surface area contributed by atoms with Gasteiger partial charge in [0.25, 0.3) is 0 Å². The van der Waals surface area contributed by atoms with Gasteiger partial charge in [-0.3, -0.25) is 0 Å². The van der Waals surface area contributed by atoms with Crippen molar-refractivity contribution in [3.63, 3.8) is 0 Å². The van der Waals surface area contributed by atoms with E-state index in [1.165, 1.54) is 11.3 Å². The molecular weight excluding hydrogens is 403 g/mol. The Morgan fingerprint density at radius 1 is 1.52 bits per heavy atom. The van der Waals surface area contributed by atoms with Gasteiger partial charge in [-0.15, -0.1) is 0 Å². The van der Waals surface area contributed by atoms with Crippen LogP contribution in [0, 0.1) is 5.82 Å². The normalized spacial score (nSPS) is 13.3. The molecule has 4 nitrogen and oxygen atoms in total. The number of nitrogen functional groups attached to an aromatic ring is 1. The van der Waals surface area contributed by atoms with Crippen LogP contribution >= 0.6 is 38.9 Å². The molecule has 2 rings (SSSR count). The van der Waals surface area contributed by atoms with Gasteiger partial charge in [0.05, 0.1) is 15.2 Å². The van der Waals surface area contributed by atoms with E-state index < -0.39 is 26.8 Å². The minimum Gasteiger partial charge on any atom is -0.395 e. The van der Waals surface area contributed by atoms with Crippen molar-refractivity contribution in [2.75, 3.05) is 5.73 Å². The summed E-state index contributed by atoms with van der Waals surface area (Å²) in [4.78, 5) is -0.574. The van der Waals surface area contributed by atoms with E-state index >= 15 is 0 Å². The van der Waals surface area contributed by atoms with Crippen molar-refractivity contribution in [1.29, 1.82) is 0 Å². The minimum absolute atomic E-state index is 0.0254. The number of sulfonamides is 1. The lowest BCUT2D eigenvalue weighted by atomic mass is 10.2. The predicted molar refractivity (Wildman–Crippen MR) is 86.6 cm³/mol. The maximum atomic E-state index is 14.1. The molecule has 0 radical (unpaired) electrons. The zero-order chi connectivity index (χ0) is 15.8. The number of nitrogens with two attached hydrogens (primary N) is 1.